The van der Waals surface area contributed by atoms with Crippen molar-refractivity contribution in [2.45, 2.75) is 20.1 Å². The maximum Gasteiger partial charge on any atom is 0.387 e. The number of alkyl halides is 2. The number of ether oxygens (including phenoxy) is 2. The lowest BCUT2D eigenvalue weighted by atomic mass is 10.2. The predicted octanol–water partition coefficient (Wildman–Crippen LogP) is 2.32. The van der Waals surface area contributed by atoms with Gasteiger partial charge in [0.2, 0.25) is 0 Å². The summed E-state index contributed by atoms with van der Waals surface area (Å²) in [6.45, 7) is -0.451. The van der Waals surface area contributed by atoms with Crippen LogP contribution in [0.4, 0.5) is 8.78 Å². The Balaban J connectivity index is 2.97. The quantitative estimate of drug-likeness (QED) is 0.647. The van der Waals surface area contributed by atoms with Gasteiger partial charge in [0.15, 0.2) is 17.5 Å². The van der Waals surface area contributed by atoms with E-state index in [4.69, 9.17) is 4.74 Å². The number of nitrogens with one attached hydrogen (secondary N) is 1. The molecular formula is C14H21F2N3O2. The van der Waals surface area contributed by atoms with Crippen LogP contribution in [0, 0.1) is 0 Å². The monoisotopic (exact) mass is 301 g/mol. The van der Waals surface area contributed by atoms with Crippen LogP contribution in [0.1, 0.15) is 12.5 Å². The van der Waals surface area contributed by atoms with Crippen LogP contribution >= 0.6 is 0 Å². The van der Waals surface area contributed by atoms with E-state index in [0.29, 0.717) is 30.4 Å². The number of halogens is 2. The maximum absolute atomic E-state index is 12.6. The standard InChI is InChI=1S/C14H21F2N3O2/c1-5-20-11-8-6-7-10(12(11)21-13(15)16)9-18-14(17-2)19(3)4/h6-8,13H,5,9H2,1-4H3,(H,17,18). The summed E-state index contributed by atoms with van der Waals surface area (Å²) in [7, 11) is 5.32. The first kappa shape index (κ1) is 17.0. The fraction of sp³-hybridized carbons (Fsp3) is 0.500. The average Bonchev–Trinajstić information content (AvgIpc) is 2.42. The Bertz CT molecular complexity index is 479. The molecule has 0 atom stereocenters. The number of guanidine groups is 1. The molecule has 118 valence electrons. The third kappa shape index (κ3) is 5.09. The molecule has 1 N–H and O–H groups in total. The second kappa shape index (κ2) is 8.28. The fourth-order valence-electron chi connectivity index (χ4n) is 1.80. The lowest BCUT2D eigenvalue weighted by molar-refractivity contribution is -0.0520. The van der Waals surface area contributed by atoms with Gasteiger partial charge >= 0.3 is 6.61 Å². The Morgan fingerprint density at radius 2 is 2.10 bits per heavy atom. The number of benzene rings is 1. The molecule has 0 aliphatic rings. The average molecular weight is 301 g/mol. The second-order valence-electron chi connectivity index (χ2n) is 4.35. The van der Waals surface area contributed by atoms with Crippen LogP contribution in [-0.4, -0.2) is 45.2 Å². The smallest absolute Gasteiger partial charge is 0.387 e. The zero-order valence-corrected chi connectivity index (χ0v) is 12.7. The second-order valence-corrected chi connectivity index (χ2v) is 4.35. The molecule has 1 aromatic carbocycles. The van der Waals surface area contributed by atoms with Gasteiger partial charge in [-0.1, -0.05) is 12.1 Å². The van der Waals surface area contributed by atoms with Crippen LogP contribution < -0.4 is 14.8 Å². The molecule has 0 aliphatic carbocycles. The van der Waals surface area contributed by atoms with E-state index in [1.807, 2.05) is 14.1 Å². The Hall–Kier alpha value is -2.05. The number of para-hydroxylation sites is 1. The summed E-state index contributed by atoms with van der Waals surface area (Å²) in [5.41, 5.74) is 0.573. The highest BCUT2D eigenvalue weighted by Gasteiger charge is 2.16. The predicted molar refractivity (Wildman–Crippen MR) is 78.1 cm³/mol. The van der Waals surface area contributed by atoms with Crippen molar-refractivity contribution in [1.29, 1.82) is 0 Å². The molecule has 0 fully saturated rings. The van der Waals surface area contributed by atoms with Crippen molar-refractivity contribution < 1.29 is 18.3 Å². The molecule has 0 radical (unpaired) electrons. The van der Waals surface area contributed by atoms with Gasteiger partial charge < -0.3 is 19.7 Å². The zero-order valence-electron chi connectivity index (χ0n) is 12.7. The summed E-state index contributed by atoms with van der Waals surface area (Å²) >= 11 is 0. The van der Waals surface area contributed by atoms with Gasteiger partial charge in [0, 0.05) is 33.3 Å². The van der Waals surface area contributed by atoms with Crippen molar-refractivity contribution in [1.82, 2.24) is 10.2 Å². The van der Waals surface area contributed by atoms with Crippen molar-refractivity contribution in [3.8, 4) is 11.5 Å². The van der Waals surface area contributed by atoms with Crippen LogP contribution in [0.3, 0.4) is 0 Å². The van der Waals surface area contributed by atoms with E-state index in [-0.39, 0.29) is 5.75 Å². The molecule has 0 saturated carbocycles. The summed E-state index contributed by atoms with van der Waals surface area (Å²) in [5.74, 6) is 0.993. The van der Waals surface area contributed by atoms with Crippen LogP contribution in [0.15, 0.2) is 23.2 Å². The van der Waals surface area contributed by atoms with Gasteiger partial charge in [0.1, 0.15) is 0 Å². The molecule has 0 aliphatic heterocycles. The highest BCUT2D eigenvalue weighted by atomic mass is 19.3. The summed E-state index contributed by atoms with van der Waals surface area (Å²) in [4.78, 5) is 5.85. The largest absolute Gasteiger partial charge is 0.490 e. The van der Waals surface area contributed by atoms with E-state index in [0.717, 1.165) is 0 Å². The van der Waals surface area contributed by atoms with E-state index < -0.39 is 6.61 Å². The van der Waals surface area contributed by atoms with Gasteiger partial charge in [0.25, 0.3) is 0 Å². The first-order valence-corrected chi connectivity index (χ1v) is 6.57. The Morgan fingerprint density at radius 3 is 2.62 bits per heavy atom. The molecule has 0 heterocycles. The van der Waals surface area contributed by atoms with Gasteiger partial charge in [-0.05, 0) is 13.0 Å². The minimum Gasteiger partial charge on any atom is -0.490 e. The van der Waals surface area contributed by atoms with E-state index in [9.17, 15) is 8.78 Å². The van der Waals surface area contributed by atoms with Crippen molar-refractivity contribution in [3.05, 3.63) is 23.8 Å². The van der Waals surface area contributed by atoms with Crippen LogP contribution in [0.5, 0.6) is 11.5 Å². The number of aliphatic imine (C=N–C) groups is 1. The zero-order chi connectivity index (χ0) is 15.8. The number of hydrogen-bond acceptors (Lipinski definition) is 3. The molecule has 0 saturated heterocycles. The number of nitrogens with zero attached hydrogens (tertiary/aromatic N) is 2. The molecule has 0 spiro atoms. The molecule has 7 heteroatoms. The van der Waals surface area contributed by atoms with Gasteiger partial charge in [-0.15, -0.1) is 0 Å². The Labute approximate surface area is 123 Å². The lowest BCUT2D eigenvalue weighted by Gasteiger charge is -2.19. The molecule has 1 rings (SSSR count). The maximum atomic E-state index is 12.6. The van der Waals surface area contributed by atoms with Gasteiger partial charge in [-0.25, -0.2) is 0 Å². The van der Waals surface area contributed by atoms with Crippen molar-refractivity contribution in [3.63, 3.8) is 0 Å². The van der Waals surface area contributed by atoms with Gasteiger partial charge in [-0.2, -0.15) is 8.78 Å². The van der Waals surface area contributed by atoms with Crippen molar-refractivity contribution >= 4 is 5.96 Å². The summed E-state index contributed by atoms with van der Waals surface area (Å²) in [5, 5.41) is 3.06. The molecule has 1 aromatic rings. The van der Waals surface area contributed by atoms with Gasteiger partial charge in [-0.3, -0.25) is 4.99 Å². The molecule has 0 unspecified atom stereocenters. The highest BCUT2D eigenvalue weighted by Crippen LogP contribution is 2.32. The highest BCUT2D eigenvalue weighted by molar-refractivity contribution is 5.79. The van der Waals surface area contributed by atoms with Crippen LogP contribution in [0.25, 0.3) is 0 Å². The van der Waals surface area contributed by atoms with Crippen molar-refractivity contribution in [2.75, 3.05) is 27.7 Å². The summed E-state index contributed by atoms with van der Waals surface area (Å²) in [6.07, 6.45) is 0. The van der Waals surface area contributed by atoms with E-state index >= 15 is 0 Å². The lowest BCUT2D eigenvalue weighted by Crippen LogP contribution is -2.35. The molecule has 0 amide bonds. The fourth-order valence-corrected chi connectivity index (χ4v) is 1.80. The molecule has 5 nitrogen and oxygen atoms in total. The summed E-state index contributed by atoms with van der Waals surface area (Å²) in [6, 6.07) is 5.04. The van der Waals surface area contributed by atoms with E-state index in [2.05, 4.69) is 15.0 Å². The molecule has 0 aromatic heterocycles. The Morgan fingerprint density at radius 1 is 1.38 bits per heavy atom. The molecular weight excluding hydrogens is 280 g/mol. The van der Waals surface area contributed by atoms with Crippen molar-refractivity contribution in [2.24, 2.45) is 4.99 Å². The third-order valence-electron chi connectivity index (χ3n) is 2.64. The first-order chi connectivity index (χ1) is 9.99. The number of rotatable bonds is 6. The van der Waals surface area contributed by atoms with Crippen LogP contribution in [-0.2, 0) is 6.54 Å². The van der Waals surface area contributed by atoms with Crippen LogP contribution in [0.2, 0.25) is 0 Å². The minimum atomic E-state index is -2.90. The summed E-state index contributed by atoms with van der Waals surface area (Å²) < 4.78 is 35.1. The molecule has 21 heavy (non-hydrogen) atoms. The topological polar surface area (TPSA) is 46.1 Å². The van der Waals surface area contributed by atoms with Gasteiger partial charge in [0.05, 0.1) is 6.61 Å². The Kier molecular flexibility index (Phi) is 6.71. The van der Waals surface area contributed by atoms with E-state index in [1.165, 1.54) is 0 Å². The SMILES string of the molecule is CCOc1cccc(CNC(=NC)N(C)C)c1OC(F)F. The molecule has 0 bridgehead atoms. The number of hydrogen-bond donors (Lipinski definition) is 1. The third-order valence-corrected chi connectivity index (χ3v) is 2.64. The van der Waals surface area contributed by atoms with E-state index in [1.54, 1.807) is 37.1 Å². The first-order valence-electron chi connectivity index (χ1n) is 6.57. The normalized spacial score (nSPS) is 11.5. The minimum absolute atomic E-state index is 0.0519.